The molecule has 124 valence electrons. The molecule has 2 heteroatoms. The summed E-state index contributed by atoms with van der Waals surface area (Å²) in [5.41, 5.74) is 7.89. The van der Waals surface area contributed by atoms with Crippen molar-refractivity contribution < 1.29 is 0 Å². The zero-order valence-electron chi connectivity index (χ0n) is 14.5. The summed E-state index contributed by atoms with van der Waals surface area (Å²) in [5, 5.41) is 3.82. The van der Waals surface area contributed by atoms with Crippen LogP contribution in [0.3, 0.4) is 0 Å². The lowest BCUT2D eigenvalue weighted by Gasteiger charge is -2.15. The van der Waals surface area contributed by atoms with Gasteiger partial charge in [0.25, 0.3) is 0 Å². The van der Waals surface area contributed by atoms with Gasteiger partial charge in [0.1, 0.15) is 5.37 Å². The summed E-state index contributed by atoms with van der Waals surface area (Å²) in [6.45, 7) is 4.43. The van der Waals surface area contributed by atoms with Crippen molar-refractivity contribution in [3.63, 3.8) is 0 Å². The lowest BCUT2D eigenvalue weighted by atomic mass is 9.95. The number of thioether (sulfide) groups is 1. The van der Waals surface area contributed by atoms with E-state index < -0.39 is 0 Å². The third kappa shape index (κ3) is 3.22. The van der Waals surface area contributed by atoms with E-state index in [1.807, 2.05) is 11.8 Å². The predicted molar refractivity (Wildman–Crippen MR) is 109 cm³/mol. The number of hydrogen-bond acceptors (Lipinski definition) is 2. The van der Waals surface area contributed by atoms with Gasteiger partial charge in [0.2, 0.25) is 0 Å². The van der Waals surface area contributed by atoms with Gasteiger partial charge in [-0.05, 0) is 47.2 Å². The first-order valence-corrected chi connectivity index (χ1v) is 9.45. The fourth-order valence-corrected chi connectivity index (χ4v) is 4.68. The third-order valence-corrected chi connectivity index (χ3v) is 5.82. The number of benzene rings is 3. The van der Waals surface area contributed by atoms with E-state index >= 15 is 0 Å². The Kier molecular flexibility index (Phi) is 4.37. The molecule has 1 unspecified atom stereocenters. The van der Waals surface area contributed by atoms with Crippen LogP contribution in [0.1, 0.15) is 27.6 Å². The molecule has 1 aliphatic heterocycles. The molecule has 1 heterocycles. The van der Waals surface area contributed by atoms with Gasteiger partial charge in [-0.3, -0.25) is 0 Å². The number of hydrogen-bond donors (Lipinski definition) is 1. The van der Waals surface area contributed by atoms with Gasteiger partial charge in [-0.15, -0.1) is 0 Å². The van der Waals surface area contributed by atoms with Crippen LogP contribution < -0.4 is 5.32 Å². The third-order valence-electron chi connectivity index (χ3n) is 4.60. The van der Waals surface area contributed by atoms with E-state index in [4.69, 9.17) is 0 Å². The van der Waals surface area contributed by atoms with E-state index in [-0.39, 0.29) is 0 Å². The van der Waals surface area contributed by atoms with Gasteiger partial charge in [0, 0.05) is 11.1 Å². The molecule has 0 fully saturated rings. The Hall–Kier alpha value is -2.45. The predicted octanol–water partition coefficient (Wildman–Crippen LogP) is 6.30. The summed E-state index contributed by atoms with van der Waals surface area (Å²) < 4.78 is 0. The second-order valence-electron chi connectivity index (χ2n) is 6.43. The van der Waals surface area contributed by atoms with Crippen molar-refractivity contribution in [3.05, 3.63) is 101 Å². The molecule has 4 rings (SSSR count). The molecule has 1 atom stereocenters. The van der Waals surface area contributed by atoms with Crippen molar-refractivity contribution in [2.75, 3.05) is 0 Å². The minimum Gasteiger partial charge on any atom is -0.374 e. The molecule has 0 amide bonds. The molecule has 3 aromatic carbocycles. The fraction of sp³-hybridized carbons (Fsp3) is 0.130. The summed E-state index contributed by atoms with van der Waals surface area (Å²) in [4.78, 5) is 1.32. The smallest absolute Gasteiger partial charge is 0.102 e. The second-order valence-corrected chi connectivity index (χ2v) is 7.58. The van der Waals surface area contributed by atoms with Crippen LogP contribution in [0, 0.1) is 13.8 Å². The first-order chi connectivity index (χ1) is 12.2. The molecular weight excluding hydrogens is 322 g/mol. The highest BCUT2D eigenvalue weighted by atomic mass is 32.2. The number of aryl methyl sites for hydroxylation is 2. The Morgan fingerprint density at radius 1 is 0.760 bits per heavy atom. The van der Waals surface area contributed by atoms with Gasteiger partial charge in [0.05, 0.1) is 0 Å². The van der Waals surface area contributed by atoms with Crippen LogP contribution in [-0.4, -0.2) is 0 Å². The van der Waals surface area contributed by atoms with Crippen molar-refractivity contribution in [2.45, 2.75) is 19.2 Å². The first kappa shape index (κ1) is 16.0. The van der Waals surface area contributed by atoms with E-state index in [2.05, 4.69) is 98.2 Å². The average molecular weight is 343 g/mol. The van der Waals surface area contributed by atoms with Gasteiger partial charge >= 0.3 is 0 Å². The highest BCUT2D eigenvalue weighted by molar-refractivity contribution is 8.08. The van der Waals surface area contributed by atoms with Gasteiger partial charge in [-0.25, -0.2) is 0 Å². The van der Waals surface area contributed by atoms with Crippen molar-refractivity contribution in [1.29, 1.82) is 0 Å². The molecule has 3 aromatic rings. The Bertz CT molecular complexity index is 890. The number of rotatable bonds is 3. The molecular formula is C23H21NS. The van der Waals surface area contributed by atoms with Crippen LogP contribution in [-0.2, 0) is 0 Å². The molecule has 1 N–H and O–H groups in total. The standard InChI is InChI=1S/C23H21NS/c1-16-13-20(18-9-5-3-6-10-18)14-17(2)22(16)21-15-24-23(25-21)19-11-7-4-8-12-19/h3-15,23-24H,1-2H3. The van der Waals surface area contributed by atoms with Crippen LogP contribution in [0.4, 0.5) is 0 Å². The largest absolute Gasteiger partial charge is 0.374 e. The minimum absolute atomic E-state index is 0.295. The van der Waals surface area contributed by atoms with E-state index in [1.54, 1.807) is 0 Å². The molecule has 0 radical (unpaired) electrons. The molecule has 1 nitrogen and oxygen atoms in total. The Morgan fingerprint density at radius 2 is 1.36 bits per heavy atom. The summed E-state index contributed by atoms with van der Waals surface area (Å²) in [6.07, 6.45) is 2.17. The summed E-state index contributed by atoms with van der Waals surface area (Å²) in [7, 11) is 0. The molecule has 0 spiro atoms. The number of nitrogens with one attached hydrogen (secondary N) is 1. The zero-order valence-corrected chi connectivity index (χ0v) is 15.3. The highest BCUT2D eigenvalue weighted by Gasteiger charge is 2.22. The van der Waals surface area contributed by atoms with Crippen LogP contribution in [0.15, 0.2) is 79.0 Å². The molecule has 0 saturated carbocycles. The molecule has 0 saturated heterocycles. The Morgan fingerprint density at radius 3 is 2.00 bits per heavy atom. The van der Waals surface area contributed by atoms with Gasteiger partial charge in [-0.1, -0.05) is 84.6 Å². The van der Waals surface area contributed by atoms with Crippen molar-refractivity contribution >= 4 is 16.7 Å². The molecule has 0 bridgehead atoms. The maximum Gasteiger partial charge on any atom is 0.102 e. The lowest BCUT2D eigenvalue weighted by molar-refractivity contribution is 0.863. The van der Waals surface area contributed by atoms with E-state index in [0.717, 1.165) is 0 Å². The maximum absolute atomic E-state index is 3.52. The van der Waals surface area contributed by atoms with Crippen molar-refractivity contribution in [1.82, 2.24) is 5.32 Å². The van der Waals surface area contributed by atoms with E-state index in [1.165, 1.54) is 38.3 Å². The van der Waals surface area contributed by atoms with Crippen molar-refractivity contribution in [3.8, 4) is 11.1 Å². The SMILES string of the molecule is Cc1cc(-c2ccccc2)cc(C)c1C1=CNC(c2ccccc2)S1. The van der Waals surface area contributed by atoms with Crippen LogP contribution in [0.25, 0.3) is 16.0 Å². The normalized spacial score (nSPS) is 16.4. The maximum atomic E-state index is 3.52. The second kappa shape index (κ2) is 6.81. The quantitative estimate of drug-likeness (QED) is 0.598. The van der Waals surface area contributed by atoms with E-state index in [9.17, 15) is 0 Å². The van der Waals surface area contributed by atoms with Crippen LogP contribution in [0.5, 0.6) is 0 Å². The molecule has 0 aromatic heterocycles. The Labute approximate surface area is 153 Å². The molecule has 25 heavy (non-hydrogen) atoms. The fourth-order valence-electron chi connectivity index (χ4n) is 3.42. The first-order valence-electron chi connectivity index (χ1n) is 8.57. The zero-order chi connectivity index (χ0) is 17.2. The summed E-state index contributed by atoms with van der Waals surface area (Å²) in [6, 6.07) is 25.8. The molecule has 1 aliphatic rings. The Balaban J connectivity index is 1.64. The van der Waals surface area contributed by atoms with Gasteiger partial charge in [-0.2, -0.15) is 0 Å². The van der Waals surface area contributed by atoms with E-state index in [0.29, 0.717) is 5.37 Å². The lowest BCUT2D eigenvalue weighted by Crippen LogP contribution is -2.06. The van der Waals surface area contributed by atoms with Crippen LogP contribution in [0.2, 0.25) is 0 Å². The summed E-state index contributed by atoms with van der Waals surface area (Å²) in [5.74, 6) is 0. The monoisotopic (exact) mass is 343 g/mol. The minimum atomic E-state index is 0.295. The van der Waals surface area contributed by atoms with Crippen molar-refractivity contribution in [2.24, 2.45) is 0 Å². The average Bonchev–Trinajstić information content (AvgIpc) is 3.12. The van der Waals surface area contributed by atoms with Gasteiger partial charge in [0.15, 0.2) is 0 Å². The summed E-state index contributed by atoms with van der Waals surface area (Å²) >= 11 is 1.90. The van der Waals surface area contributed by atoms with Gasteiger partial charge < -0.3 is 5.32 Å². The topological polar surface area (TPSA) is 12.0 Å². The highest BCUT2D eigenvalue weighted by Crippen LogP contribution is 2.44. The van der Waals surface area contributed by atoms with Crippen LogP contribution >= 0.6 is 11.8 Å². The molecule has 0 aliphatic carbocycles.